The van der Waals surface area contributed by atoms with Crippen molar-refractivity contribution in [2.24, 2.45) is 7.05 Å². The van der Waals surface area contributed by atoms with Crippen LogP contribution in [-0.4, -0.2) is 35.6 Å². The first-order chi connectivity index (χ1) is 15.1. The minimum Gasteiger partial charge on any atom is -0.309 e. The highest BCUT2D eigenvalue weighted by Crippen LogP contribution is 2.20. The van der Waals surface area contributed by atoms with Crippen LogP contribution in [0, 0.1) is 0 Å². The van der Waals surface area contributed by atoms with Crippen LogP contribution >= 0.6 is 11.6 Å². The number of nitrogens with one attached hydrogen (secondary N) is 3. The normalized spacial score (nSPS) is 10.5. The highest BCUT2D eigenvalue weighted by atomic mass is 35.5. The molecule has 0 atom stereocenters. The number of aromatic nitrogens is 6. The second-order valence-corrected chi connectivity index (χ2v) is 6.85. The lowest BCUT2D eigenvalue weighted by Crippen LogP contribution is -2.31. The van der Waals surface area contributed by atoms with E-state index in [4.69, 9.17) is 11.6 Å². The minimum absolute atomic E-state index is 0.0855. The molecule has 0 unspecified atom stereocenters. The van der Waals surface area contributed by atoms with Crippen molar-refractivity contribution in [1.82, 2.24) is 35.1 Å². The van der Waals surface area contributed by atoms with Crippen LogP contribution in [0.15, 0.2) is 61.1 Å². The number of pyridine rings is 2. The number of amides is 1. The zero-order chi connectivity index (χ0) is 21.6. The number of hydrogen-bond acceptors (Lipinski definition) is 8. The SMILES string of the molecule is Cn1nccc1Nc1nccc(-c2ccnc(NNC(=O)Cc3cccc(Cl)n3)c2)n1. The molecule has 0 aliphatic carbocycles. The Bertz CT molecular complexity index is 1210. The molecule has 4 aromatic rings. The Morgan fingerprint density at radius 3 is 2.74 bits per heavy atom. The molecule has 0 aliphatic rings. The van der Waals surface area contributed by atoms with E-state index in [1.807, 2.05) is 19.2 Å². The number of nitrogens with zero attached hydrogens (tertiary/aromatic N) is 6. The second-order valence-electron chi connectivity index (χ2n) is 6.46. The third kappa shape index (κ3) is 5.31. The van der Waals surface area contributed by atoms with Crippen molar-refractivity contribution in [3.8, 4) is 11.3 Å². The summed E-state index contributed by atoms with van der Waals surface area (Å²) in [5.74, 6) is 1.40. The maximum absolute atomic E-state index is 12.2. The van der Waals surface area contributed by atoms with Gasteiger partial charge < -0.3 is 5.32 Å². The molecule has 3 N–H and O–H groups in total. The van der Waals surface area contributed by atoms with E-state index in [-0.39, 0.29) is 12.3 Å². The molecule has 4 rings (SSSR count). The van der Waals surface area contributed by atoms with E-state index in [9.17, 15) is 4.79 Å². The predicted molar refractivity (Wildman–Crippen MR) is 116 cm³/mol. The van der Waals surface area contributed by atoms with E-state index in [0.717, 1.165) is 11.4 Å². The van der Waals surface area contributed by atoms with Crippen LogP contribution < -0.4 is 16.2 Å². The number of anilines is 3. The third-order valence-corrected chi connectivity index (χ3v) is 4.43. The van der Waals surface area contributed by atoms with Crippen molar-refractivity contribution in [2.75, 3.05) is 10.7 Å². The Kier molecular flexibility index (Phi) is 5.99. The molecule has 11 heteroatoms. The number of hydrazine groups is 1. The summed E-state index contributed by atoms with van der Waals surface area (Å²) in [6, 6.07) is 12.3. The zero-order valence-electron chi connectivity index (χ0n) is 16.5. The van der Waals surface area contributed by atoms with Crippen molar-refractivity contribution in [3.05, 3.63) is 71.9 Å². The molecule has 10 nitrogen and oxygen atoms in total. The zero-order valence-corrected chi connectivity index (χ0v) is 17.2. The van der Waals surface area contributed by atoms with Crippen LogP contribution in [0.25, 0.3) is 11.3 Å². The molecule has 0 aromatic carbocycles. The van der Waals surface area contributed by atoms with Gasteiger partial charge in [0.05, 0.1) is 24.0 Å². The van der Waals surface area contributed by atoms with E-state index >= 15 is 0 Å². The summed E-state index contributed by atoms with van der Waals surface area (Å²) >= 11 is 5.85. The number of carbonyl (C=O) groups excluding carboxylic acids is 1. The van der Waals surface area contributed by atoms with Gasteiger partial charge in [-0.2, -0.15) is 5.10 Å². The summed E-state index contributed by atoms with van der Waals surface area (Å²) in [4.78, 5) is 29.2. The fraction of sp³-hybridized carbons (Fsp3) is 0.100. The van der Waals surface area contributed by atoms with Crippen molar-refractivity contribution < 1.29 is 4.79 Å². The largest absolute Gasteiger partial charge is 0.309 e. The Balaban J connectivity index is 1.42. The minimum atomic E-state index is -0.272. The van der Waals surface area contributed by atoms with Gasteiger partial charge in [-0.15, -0.1) is 0 Å². The van der Waals surface area contributed by atoms with Crippen molar-refractivity contribution in [2.45, 2.75) is 6.42 Å². The smallest absolute Gasteiger partial charge is 0.244 e. The van der Waals surface area contributed by atoms with Crippen LogP contribution in [0.3, 0.4) is 0 Å². The molecule has 0 bridgehead atoms. The number of aryl methyl sites for hydroxylation is 1. The van der Waals surface area contributed by atoms with E-state index in [0.29, 0.717) is 28.3 Å². The predicted octanol–water partition coefficient (Wildman–Crippen LogP) is 2.75. The summed E-state index contributed by atoms with van der Waals surface area (Å²) in [6.07, 6.45) is 5.05. The van der Waals surface area contributed by atoms with E-state index < -0.39 is 0 Å². The quantitative estimate of drug-likeness (QED) is 0.299. The Hall–Kier alpha value is -4.05. The van der Waals surface area contributed by atoms with Gasteiger partial charge in [0.2, 0.25) is 11.9 Å². The van der Waals surface area contributed by atoms with Gasteiger partial charge in [-0.25, -0.2) is 19.9 Å². The Labute approximate surface area is 182 Å². The number of rotatable bonds is 7. The Morgan fingerprint density at radius 2 is 1.94 bits per heavy atom. The lowest BCUT2D eigenvalue weighted by Gasteiger charge is -2.10. The van der Waals surface area contributed by atoms with Crippen molar-refractivity contribution in [1.29, 1.82) is 0 Å². The molecule has 156 valence electrons. The summed E-state index contributed by atoms with van der Waals surface area (Å²) in [6.45, 7) is 0. The van der Waals surface area contributed by atoms with Crippen molar-refractivity contribution in [3.63, 3.8) is 0 Å². The summed E-state index contributed by atoms with van der Waals surface area (Å²) in [5.41, 5.74) is 7.48. The molecular weight excluding hydrogens is 418 g/mol. The van der Waals surface area contributed by atoms with Gasteiger partial charge >= 0.3 is 0 Å². The van der Waals surface area contributed by atoms with Gasteiger partial charge in [0.15, 0.2) is 0 Å². The fourth-order valence-corrected chi connectivity index (χ4v) is 2.92. The van der Waals surface area contributed by atoms with Gasteiger partial charge in [-0.05, 0) is 30.3 Å². The lowest BCUT2D eigenvalue weighted by atomic mass is 10.2. The van der Waals surface area contributed by atoms with E-state index in [1.54, 1.807) is 53.6 Å². The molecule has 0 saturated carbocycles. The summed E-state index contributed by atoms with van der Waals surface area (Å²) < 4.78 is 1.69. The van der Waals surface area contributed by atoms with Crippen LogP contribution in [0.5, 0.6) is 0 Å². The lowest BCUT2D eigenvalue weighted by molar-refractivity contribution is -0.120. The van der Waals surface area contributed by atoms with Gasteiger partial charge in [0.1, 0.15) is 16.8 Å². The van der Waals surface area contributed by atoms with E-state index in [2.05, 4.69) is 41.2 Å². The Morgan fingerprint density at radius 1 is 1.06 bits per heavy atom. The standard InChI is InChI=1S/C20H18ClN9O/c1-30-18(7-10-24-30)27-20-23-9-6-15(26-20)13-5-8-22-17(11-13)28-29-19(31)12-14-3-2-4-16(21)25-14/h2-11H,12H2,1H3,(H,22,28)(H,29,31)(H,23,26,27). The van der Waals surface area contributed by atoms with Crippen LogP contribution in [0.4, 0.5) is 17.6 Å². The molecule has 0 radical (unpaired) electrons. The number of halogens is 1. The highest BCUT2D eigenvalue weighted by molar-refractivity contribution is 6.29. The maximum atomic E-state index is 12.2. The highest BCUT2D eigenvalue weighted by Gasteiger charge is 2.08. The molecule has 0 fully saturated rings. The molecule has 1 amide bonds. The van der Waals surface area contributed by atoms with Gasteiger partial charge in [0, 0.05) is 31.1 Å². The first-order valence-corrected chi connectivity index (χ1v) is 9.65. The van der Waals surface area contributed by atoms with Crippen LogP contribution in [0.1, 0.15) is 5.69 Å². The second kappa shape index (κ2) is 9.18. The van der Waals surface area contributed by atoms with E-state index in [1.165, 1.54) is 0 Å². The third-order valence-electron chi connectivity index (χ3n) is 4.22. The molecule has 31 heavy (non-hydrogen) atoms. The van der Waals surface area contributed by atoms with Crippen LogP contribution in [-0.2, 0) is 18.3 Å². The number of hydrogen-bond donors (Lipinski definition) is 3. The maximum Gasteiger partial charge on any atom is 0.244 e. The van der Waals surface area contributed by atoms with Gasteiger partial charge in [-0.3, -0.25) is 20.3 Å². The molecule has 4 heterocycles. The molecular formula is C20H18ClN9O. The van der Waals surface area contributed by atoms with Gasteiger partial charge in [0.25, 0.3) is 0 Å². The number of carbonyl (C=O) groups is 1. The molecule has 4 aromatic heterocycles. The first kappa shape index (κ1) is 20.2. The first-order valence-electron chi connectivity index (χ1n) is 9.27. The molecule has 0 spiro atoms. The average molecular weight is 436 g/mol. The van der Waals surface area contributed by atoms with Crippen molar-refractivity contribution >= 4 is 35.1 Å². The fourth-order valence-electron chi connectivity index (χ4n) is 2.74. The summed E-state index contributed by atoms with van der Waals surface area (Å²) in [5, 5.41) is 7.57. The van der Waals surface area contributed by atoms with Gasteiger partial charge in [-0.1, -0.05) is 17.7 Å². The molecule has 0 saturated heterocycles. The monoisotopic (exact) mass is 435 g/mol. The summed E-state index contributed by atoms with van der Waals surface area (Å²) in [7, 11) is 1.82. The molecule has 0 aliphatic heterocycles. The van der Waals surface area contributed by atoms with Crippen LogP contribution in [0.2, 0.25) is 5.15 Å². The average Bonchev–Trinajstić information content (AvgIpc) is 3.17. The topological polar surface area (TPSA) is 123 Å².